The largest absolute Gasteiger partial charge is 0.421 e. The van der Waals surface area contributed by atoms with Crippen LogP contribution in [0.1, 0.15) is 46.9 Å². The number of nitrogens with zero attached hydrogens (tertiary/aromatic N) is 3. The van der Waals surface area contributed by atoms with Crippen molar-refractivity contribution in [3.05, 3.63) is 76.7 Å². The Hall–Kier alpha value is -3.95. The average Bonchev–Trinajstić information content (AvgIpc) is 2.80. The number of anilines is 2. The van der Waals surface area contributed by atoms with E-state index < -0.39 is 23.6 Å². The van der Waals surface area contributed by atoms with Crippen LogP contribution in [0.5, 0.6) is 5.75 Å². The molecule has 0 aliphatic rings. The number of amides is 1. The van der Waals surface area contributed by atoms with Crippen LogP contribution in [0, 0.1) is 0 Å². The monoisotopic (exact) mass is 486 g/mol. The van der Waals surface area contributed by atoms with Gasteiger partial charge in [0.2, 0.25) is 0 Å². The van der Waals surface area contributed by atoms with Gasteiger partial charge >= 0.3 is 12.1 Å². The van der Waals surface area contributed by atoms with Crippen LogP contribution >= 0.6 is 0 Å². The number of halogens is 3. The van der Waals surface area contributed by atoms with Gasteiger partial charge in [0.15, 0.2) is 11.6 Å². The van der Waals surface area contributed by atoms with E-state index in [1.807, 2.05) is 6.92 Å². The zero-order valence-corrected chi connectivity index (χ0v) is 19.7. The number of esters is 1. The van der Waals surface area contributed by atoms with Gasteiger partial charge in [-0.25, -0.2) is 9.97 Å². The second kappa shape index (κ2) is 10.5. The van der Waals surface area contributed by atoms with Crippen molar-refractivity contribution < 1.29 is 27.5 Å². The number of aryl methyl sites for hydroxylation is 1. The summed E-state index contributed by atoms with van der Waals surface area (Å²) in [5.41, 5.74) is 1.30. The number of carbonyl (C=O) groups is 2. The standard InChI is InChI=1S/C25H25F3N4O3/c1-5-20-22(35-15(2)33)23(32(3)4)31-21(30-20)14-16-6-12-19(13-7-16)29-24(34)17-8-10-18(11-9-17)25(26,27)28/h6-13H,5,14H2,1-4H3,(H,29,34). The van der Waals surface area contributed by atoms with E-state index >= 15 is 0 Å². The van der Waals surface area contributed by atoms with E-state index in [4.69, 9.17) is 4.74 Å². The lowest BCUT2D eigenvalue weighted by atomic mass is 10.1. The first-order valence-electron chi connectivity index (χ1n) is 10.8. The molecule has 1 amide bonds. The fourth-order valence-corrected chi connectivity index (χ4v) is 3.31. The van der Waals surface area contributed by atoms with Gasteiger partial charge in [0.1, 0.15) is 5.82 Å². The summed E-state index contributed by atoms with van der Waals surface area (Å²) in [6.07, 6.45) is -3.50. The van der Waals surface area contributed by atoms with Crippen LogP contribution in [-0.4, -0.2) is 35.9 Å². The molecule has 7 nitrogen and oxygen atoms in total. The molecule has 3 rings (SSSR count). The van der Waals surface area contributed by atoms with Crippen LogP contribution in [0.15, 0.2) is 48.5 Å². The normalized spacial score (nSPS) is 11.2. The third-order valence-corrected chi connectivity index (χ3v) is 5.02. The highest BCUT2D eigenvalue weighted by Crippen LogP contribution is 2.30. The van der Waals surface area contributed by atoms with Crippen molar-refractivity contribution in [1.82, 2.24) is 9.97 Å². The third kappa shape index (κ3) is 6.56. The van der Waals surface area contributed by atoms with Gasteiger partial charge in [-0.1, -0.05) is 19.1 Å². The number of nitrogens with one attached hydrogen (secondary N) is 1. The molecule has 0 fully saturated rings. The zero-order chi connectivity index (χ0) is 25.8. The molecule has 1 aromatic heterocycles. The van der Waals surface area contributed by atoms with Gasteiger partial charge in [-0.15, -0.1) is 0 Å². The lowest BCUT2D eigenvalue weighted by Gasteiger charge is -2.19. The van der Waals surface area contributed by atoms with Crippen LogP contribution in [-0.2, 0) is 23.8 Å². The van der Waals surface area contributed by atoms with Crippen LogP contribution in [0.2, 0.25) is 0 Å². The van der Waals surface area contributed by atoms with Crippen molar-refractivity contribution in [1.29, 1.82) is 0 Å². The molecule has 2 aromatic carbocycles. The van der Waals surface area contributed by atoms with Gasteiger partial charge in [-0.3, -0.25) is 9.59 Å². The highest BCUT2D eigenvalue weighted by atomic mass is 19.4. The summed E-state index contributed by atoms with van der Waals surface area (Å²) in [5, 5.41) is 2.67. The zero-order valence-electron chi connectivity index (χ0n) is 19.7. The third-order valence-electron chi connectivity index (χ3n) is 5.02. The number of alkyl halides is 3. The Kier molecular flexibility index (Phi) is 7.73. The van der Waals surface area contributed by atoms with E-state index in [2.05, 4.69) is 15.3 Å². The smallest absolute Gasteiger partial charge is 0.416 e. The van der Waals surface area contributed by atoms with Gasteiger partial charge in [0.05, 0.1) is 11.3 Å². The van der Waals surface area contributed by atoms with Crippen molar-refractivity contribution in [2.24, 2.45) is 0 Å². The molecule has 0 atom stereocenters. The molecule has 0 spiro atoms. The number of rotatable bonds is 7. The average molecular weight is 486 g/mol. The predicted molar refractivity (Wildman–Crippen MR) is 126 cm³/mol. The molecule has 35 heavy (non-hydrogen) atoms. The van der Waals surface area contributed by atoms with E-state index in [0.29, 0.717) is 41.6 Å². The van der Waals surface area contributed by atoms with Crippen molar-refractivity contribution >= 4 is 23.4 Å². The molecule has 0 aliphatic heterocycles. The predicted octanol–water partition coefficient (Wildman–Crippen LogP) is 4.89. The van der Waals surface area contributed by atoms with E-state index in [9.17, 15) is 22.8 Å². The summed E-state index contributed by atoms with van der Waals surface area (Å²) >= 11 is 0. The maximum atomic E-state index is 12.7. The van der Waals surface area contributed by atoms with E-state index in [-0.39, 0.29) is 5.56 Å². The van der Waals surface area contributed by atoms with Crippen molar-refractivity contribution in [2.75, 3.05) is 24.3 Å². The van der Waals surface area contributed by atoms with Crippen LogP contribution < -0.4 is 15.0 Å². The lowest BCUT2D eigenvalue weighted by Crippen LogP contribution is -2.18. The molecule has 0 unspecified atom stereocenters. The lowest BCUT2D eigenvalue weighted by molar-refractivity contribution is -0.137. The summed E-state index contributed by atoms with van der Waals surface area (Å²) in [4.78, 5) is 34.7. The Bertz CT molecular complexity index is 1210. The number of hydrogen-bond donors (Lipinski definition) is 1. The fourth-order valence-electron chi connectivity index (χ4n) is 3.31. The first-order valence-corrected chi connectivity index (χ1v) is 10.8. The SMILES string of the molecule is CCc1nc(Cc2ccc(NC(=O)c3ccc(C(F)(F)F)cc3)cc2)nc(N(C)C)c1OC(C)=O. The maximum Gasteiger partial charge on any atom is 0.416 e. The van der Waals surface area contributed by atoms with Crippen LogP contribution in [0.25, 0.3) is 0 Å². The number of ether oxygens (including phenoxy) is 1. The Balaban J connectivity index is 1.74. The Morgan fingerprint density at radius 2 is 1.63 bits per heavy atom. The molecular formula is C25H25F3N4O3. The van der Waals surface area contributed by atoms with Gasteiger partial charge in [-0.2, -0.15) is 13.2 Å². The number of hydrogen-bond acceptors (Lipinski definition) is 6. The summed E-state index contributed by atoms with van der Waals surface area (Å²) < 4.78 is 43.5. The van der Waals surface area contributed by atoms with Gasteiger partial charge in [0, 0.05) is 38.7 Å². The minimum absolute atomic E-state index is 0.117. The van der Waals surface area contributed by atoms with E-state index in [1.165, 1.54) is 6.92 Å². The molecule has 0 saturated carbocycles. The topological polar surface area (TPSA) is 84.4 Å². The van der Waals surface area contributed by atoms with Crippen LogP contribution in [0.3, 0.4) is 0 Å². The summed E-state index contributed by atoms with van der Waals surface area (Å²) in [7, 11) is 3.60. The van der Waals surface area contributed by atoms with Gasteiger partial charge < -0.3 is 15.0 Å². The Morgan fingerprint density at radius 1 is 1.00 bits per heavy atom. The Morgan fingerprint density at radius 3 is 2.14 bits per heavy atom. The first kappa shape index (κ1) is 25.7. The highest BCUT2D eigenvalue weighted by Gasteiger charge is 2.30. The molecule has 184 valence electrons. The maximum absolute atomic E-state index is 12.7. The number of aromatic nitrogens is 2. The van der Waals surface area contributed by atoms with Gasteiger partial charge in [0.25, 0.3) is 5.91 Å². The summed E-state index contributed by atoms with van der Waals surface area (Å²) in [6.45, 7) is 3.23. The number of carbonyl (C=O) groups excluding carboxylic acids is 2. The van der Waals surface area contributed by atoms with E-state index in [0.717, 1.165) is 29.8 Å². The first-order chi connectivity index (χ1) is 16.5. The summed E-state index contributed by atoms with van der Waals surface area (Å²) in [5.74, 6) is 0.424. The minimum Gasteiger partial charge on any atom is -0.421 e. The van der Waals surface area contributed by atoms with E-state index in [1.54, 1.807) is 43.3 Å². The van der Waals surface area contributed by atoms with Crippen molar-refractivity contribution in [2.45, 2.75) is 32.9 Å². The van der Waals surface area contributed by atoms with Crippen LogP contribution in [0.4, 0.5) is 24.7 Å². The molecule has 1 N–H and O–H groups in total. The molecule has 3 aromatic rings. The second-order valence-electron chi connectivity index (χ2n) is 7.98. The molecule has 0 aliphatic carbocycles. The fraction of sp³-hybridized carbons (Fsp3) is 0.280. The molecule has 1 heterocycles. The molecule has 0 saturated heterocycles. The quantitative estimate of drug-likeness (QED) is 0.479. The molecule has 0 radical (unpaired) electrons. The van der Waals surface area contributed by atoms with Crippen molar-refractivity contribution in [3.63, 3.8) is 0 Å². The minimum atomic E-state index is -4.46. The van der Waals surface area contributed by atoms with Gasteiger partial charge in [-0.05, 0) is 48.4 Å². The molecule has 0 bridgehead atoms. The highest BCUT2D eigenvalue weighted by molar-refractivity contribution is 6.04. The molecular weight excluding hydrogens is 461 g/mol. The Labute approximate surface area is 201 Å². The second-order valence-corrected chi connectivity index (χ2v) is 7.98. The summed E-state index contributed by atoms with van der Waals surface area (Å²) in [6, 6.07) is 11.0. The molecule has 10 heteroatoms. The van der Waals surface area contributed by atoms with Crippen molar-refractivity contribution in [3.8, 4) is 5.75 Å². The number of benzene rings is 2.